The van der Waals surface area contributed by atoms with Gasteiger partial charge in [0, 0.05) is 0 Å². The van der Waals surface area contributed by atoms with Crippen molar-refractivity contribution in [3.8, 4) is 11.5 Å². The second-order valence-corrected chi connectivity index (χ2v) is 6.63. The average Bonchev–Trinajstić information content (AvgIpc) is 2.80. The summed E-state index contributed by atoms with van der Waals surface area (Å²) in [6, 6.07) is 4.23. The molecule has 0 unspecified atom stereocenters. The van der Waals surface area contributed by atoms with Gasteiger partial charge in [-0.3, -0.25) is 9.69 Å². The molecule has 0 saturated carbocycles. The standard InChI is InChI=1S/C15H13NO5S2/c1-8(14(18)19)16-13(17)12(23-15(16)22)7-9-2-3-10-11(6-9)21-5-4-20-10/h2-3,6-8H,4-5H2,1H3,(H,18,19)/p-1/b12-7-/t8-/m0/s1. The number of aliphatic carboxylic acids is 1. The molecule has 23 heavy (non-hydrogen) atoms. The SMILES string of the molecule is C[C@@H](C(=O)[O-])N1C(=O)/C(=C/c2ccc3c(c2)OCCO3)SC1=S. The smallest absolute Gasteiger partial charge is 0.266 e. The van der Waals surface area contributed by atoms with E-state index in [1.807, 2.05) is 0 Å². The Hall–Kier alpha value is -2.06. The minimum atomic E-state index is -1.35. The van der Waals surface area contributed by atoms with E-state index >= 15 is 0 Å². The van der Waals surface area contributed by atoms with Gasteiger partial charge in [0.1, 0.15) is 17.5 Å². The van der Waals surface area contributed by atoms with Gasteiger partial charge in [-0.05, 0) is 30.7 Å². The van der Waals surface area contributed by atoms with Crippen LogP contribution in [0.25, 0.3) is 6.08 Å². The van der Waals surface area contributed by atoms with Crippen molar-refractivity contribution in [3.05, 3.63) is 28.7 Å². The lowest BCUT2D eigenvalue weighted by Gasteiger charge is -2.23. The van der Waals surface area contributed by atoms with Gasteiger partial charge in [-0.1, -0.05) is 30.0 Å². The molecule has 1 fully saturated rings. The van der Waals surface area contributed by atoms with Crippen LogP contribution in [0.3, 0.4) is 0 Å². The molecule has 120 valence electrons. The lowest BCUT2D eigenvalue weighted by Crippen LogP contribution is -2.48. The van der Waals surface area contributed by atoms with Crippen LogP contribution in [0.2, 0.25) is 0 Å². The first kappa shape index (κ1) is 15.8. The molecule has 2 aliphatic heterocycles. The predicted molar refractivity (Wildman–Crippen MR) is 86.9 cm³/mol. The topological polar surface area (TPSA) is 78.9 Å². The Morgan fingerprint density at radius 2 is 2.09 bits per heavy atom. The third-order valence-electron chi connectivity index (χ3n) is 3.42. The fourth-order valence-corrected chi connectivity index (χ4v) is 3.64. The van der Waals surface area contributed by atoms with E-state index in [-0.39, 0.29) is 4.32 Å². The van der Waals surface area contributed by atoms with Gasteiger partial charge in [0.15, 0.2) is 11.5 Å². The predicted octanol–water partition coefficient (Wildman–Crippen LogP) is 0.797. The average molecular weight is 350 g/mol. The van der Waals surface area contributed by atoms with Gasteiger partial charge in [0.2, 0.25) is 0 Å². The van der Waals surface area contributed by atoms with Crippen molar-refractivity contribution in [2.24, 2.45) is 0 Å². The highest BCUT2D eigenvalue weighted by molar-refractivity contribution is 8.26. The molecule has 8 heteroatoms. The van der Waals surface area contributed by atoms with Crippen molar-refractivity contribution in [1.29, 1.82) is 0 Å². The molecule has 0 aromatic heterocycles. The van der Waals surface area contributed by atoms with E-state index in [2.05, 4.69) is 0 Å². The highest BCUT2D eigenvalue weighted by atomic mass is 32.2. The maximum absolute atomic E-state index is 12.4. The van der Waals surface area contributed by atoms with Crippen LogP contribution in [-0.2, 0) is 9.59 Å². The summed E-state index contributed by atoms with van der Waals surface area (Å²) in [5.74, 6) is -0.511. The number of thiocarbonyl (C=S) groups is 1. The number of benzene rings is 1. The normalized spacial score (nSPS) is 20.0. The van der Waals surface area contributed by atoms with Crippen LogP contribution in [0.5, 0.6) is 11.5 Å². The third kappa shape index (κ3) is 3.04. The summed E-state index contributed by atoms with van der Waals surface area (Å²) >= 11 is 6.16. The number of ether oxygens (including phenoxy) is 2. The highest BCUT2D eigenvalue weighted by Crippen LogP contribution is 2.36. The van der Waals surface area contributed by atoms with Crippen LogP contribution in [0.1, 0.15) is 12.5 Å². The summed E-state index contributed by atoms with van der Waals surface area (Å²) in [4.78, 5) is 24.8. The number of rotatable bonds is 3. The second kappa shape index (κ2) is 6.21. The van der Waals surface area contributed by atoms with Gasteiger partial charge in [0.05, 0.1) is 16.9 Å². The van der Waals surface area contributed by atoms with Crippen molar-refractivity contribution in [3.63, 3.8) is 0 Å². The number of thioether (sulfide) groups is 1. The van der Waals surface area contributed by atoms with Crippen LogP contribution in [0.4, 0.5) is 0 Å². The maximum Gasteiger partial charge on any atom is 0.266 e. The van der Waals surface area contributed by atoms with E-state index in [1.54, 1.807) is 24.3 Å². The summed E-state index contributed by atoms with van der Waals surface area (Å²) in [7, 11) is 0. The molecule has 1 aromatic rings. The molecule has 3 rings (SSSR count). The van der Waals surface area contributed by atoms with Gasteiger partial charge < -0.3 is 19.4 Å². The summed E-state index contributed by atoms with van der Waals surface area (Å²) in [5.41, 5.74) is 0.746. The Labute approximate surface area is 142 Å². The van der Waals surface area contributed by atoms with Crippen LogP contribution < -0.4 is 14.6 Å². The Morgan fingerprint density at radius 3 is 2.78 bits per heavy atom. The number of hydrogen-bond acceptors (Lipinski definition) is 7. The number of carboxylic acids is 1. The van der Waals surface area contributed by atoms with Crippen LogP contribution in [0.15, 0.2) is 23.1 Å². The van der Waals surface area contributed by atoms with Gasteiger partial charge in [0.25, 0.3) is 5.91 Å². The van der Waals surface area contributed by atoms with E-state index in [0.29, 0.717) is 29.6 Å². The number of amides is 1. The van der Waals surface area contributed by atoms with E-state index in [0.717, 1.165) is 22.2 Å². The Morgan fingerprint density at radius 1 is 1.39 bits per heavy atom. The Balaban J connectivity index is 1.87. The molecule has 0 spiro atoms. The van der Waals surface area contributed by atoms with Gasteiger partial charge in [-0.15, -0.1) is 0 Å². The molecule has 0 aliphatic carbocycles. The molecule has 2 heterocycles. The summed E-state index contributed by atoms with van der Waals surface area (Å²) < 4.78 is 11.1. The first-order valence-corrected chi connectivity index (χ1v) is 8.07. The van der Waals surface area contributed by atoms with E-state index in [1.165, 1.54) is 6.92 Å². The monoisotopic (exact) mass is 350 g/mol. The van der Waals surface area contributed by atoms with Crippen molar-refractivity contribution in [1.82, 2.24) is 4.90 Å². The van der Waals surface area contributed by atoms with Crippen LogP contribution >= 0.6 is 24.0 Å². The van der Waals surface area contributed by atoms with Gasteiger partial charge in [-0.2, -0.15) is 0 Å². The zero-order valence-electron chi connectivity index (χ0n) is 12.1. The molecule has 6 nitrogen and oxygen atoms in total. The molecule has 1 atom stereocenters. The lowest BCUT2D eigenvalue weighted by molar-refractivity contribution is -0.309. The van der Waals surface area contributed by atoms with Crippen molar-refractivity contribution >= 4 is 46.3 Å². The Kier molecular flexibility index (Phi) is 4.27. The number of carboxylic acid groups (broad SMARTS) is 1. The Bertz CT molecular complexity index is 731. The van der Waals surface area contributed by atoms with Crippen molar-refractivity contribution in [2.45, 2.75) is 13.0 Å². The van der Waals surface area contributed by atoms with Crippen LogP contribution in [0, 0.1) is 0 Å². The van der Waals surface area contributed by atoms with E-state index < -0.39 is 17.9 Å². The zero-order valence-corrected chi connectivity index (χ0v) is 13.7. The zero-order chi connectivity index (χ0) is 16.6. The molecule has 2 aliphatic rings. The number of carbonyl (C=O) groups excluding carboxylic acids is 2. The lowest BCUT2D eigenvalue weighted by atomic mass is 10.1. The number of carbonyl (C=O) groups is 2. The van der Waals surface area contributed by atoms with E-state index in [4.69, 9.17) is 21.7 Å². The minimum Gasteiger partial charge on any atom is -0.548 e. The van der Waals surface area contributed by atoms with E-state index in [9.17, 15) is 14.7 Å². The third-order valence-corrected chi connectivity index (χ3v) is 4.75. The van der Waals surface area contributed by atoms with Crippen molar-refractivity contribution < 1.29 is 24.2 Å². The summed E-state index contributed by atoms with van der Waals surface area (Å²) in [6.45, 7) is 2.35. The minimum absolute atomic E-state index is 0.204. The molecule has 0 radical (unpaired) electrons. The highest BCUT2D eigenvalue weighted by Gasteiger charge is 2.35. The fraction of sp³-hybridized carbons (Fsp3) is 0.267. The molecule has 0 bridgehead atoms. The first-order chi connectivity index (χ1) is 11.0. The first-order valence-electron chi connectivity index (χ1n) is 6.85. The maximum atomic E-state index is 12.4. The molecule has 0 N–H and O–H groups in total. The number of fused-ring (bicyclic) bond motifs is 1. The van der Waals surface area contributed by atoms with Gasteiger partial charge >= 0.3 is 0 Å². The van der Waals surface area contributed by atoms with Crippen LogP contribution in [-0.4, -0.2) is 40.4 Å². The molecule has 1 aromatic carbocycles. The number of hydrogen-bond donors (Lipinski definition) is 0. The molecular weight excluding hydrogens is 338 g/mol. The number of nitrogens with zero attached hydrogens (tertiary/aromatic N) is 1. The molecular formula is C15H12NO5S2-. The summed E-state index contributed by atoms with van der Waals surface area (Å²) in [5, 5.41) is 11.0. The summed E-state index contributed by atoms with van der Waals surface area (Å²) in [6.07, 6.45) is 1.65. The van der Waals surface area contributed by atoms with Gasteiger partial charge in [-0.25, -0.2) is 0 Å². The molecule has 1 amide bonds. The second-order valence-electron chi connectivity index (χ2n) is 4.95. The largest absolute Gasteiger partial charge is 0.548 e. The quantitative estimate of drug-likeness (QED) is 0.589. The fourth-order valence-electron chi connectivity index (χ4n) is 2.22. The molecule has 1 saturated heterocycles. The van der Waals surface area contributed by atoms with Crippen molar-refractivity contribution in [2.75, 3.05) is 13.2 Å².